The number of fused-ring (bicyclic) bond motifs is 1. The monoisotopic (exact) mass is 461 g/mol. The van der Waals surface area contributed by atoms with Crippen molar-refractivity contribution in [3.05, 3.63) is 53.1 Å². The van der Waals surface area contributed by atoms with Crippen LogP contribution in [0.3, 0.4) is 0 Å². The molecular formula is C22H24ClN3O2S2. The lowest BCUT2D eigenvalue weighted by molar-refractivity contribution is 0.0391. The number of halogens is 1. The number of rotatable bonds is 7. The van der Waals surface area contributed by atoms with E-state index in [0.29, 0.717) is 22.3 Å². The fourth-order valence-electron chi connectivity index (χ4n) is 3.37. The molecule has 5 nitrogen and oxygen atoms in total. The van der Waals surface area contributed by atoms with Crippen LogP contribution in [0.4, 0.5) is 5.13 Å². The van der Waals surface area contributed by atoms with Gasteiger partial charge in [-0.05, 0) is 48.2 Å². The number of ether oxygens (including phenoxy) is 1. The first kappa shape index (κ1) is 21.6. The summed E-state index contributed by atoms with van der Waals surface area (Å²) in [5.41, 5.74) is 1.54. The molecule has 0 saturated carbocycles. The average molecular weight is 462 g/mol. The lowest BCUT2D eigenvalue weighted by Crippen LogP contribution is -2.43. The summed E-state index contributed by atoms with van der Waals surface area (Å²) in [7, 11) is 0. The van der Waals surface area contributed by atoms with E-state index in [9.17, 15) is 4.79 Å². The minimum absolute atomic E-state index is 0.0264. The molecule has 0 N–H and O–H groups in total. The van der Waals surface area contributed by atoms with Gasteiger partial charge in [-0.2, -0.15) is 0 Å². The van der Waals surface area contributed by atoms with E-state index in [1.807, 2.05) is 42.5 Å². The number of anilines is 1. The number of aromatic nitrogens is 1. The Balaban J connectivity index is 1.60. The maximum atomic E-state index is 13.4. The molecule has 0 bridgehead atoms. The first-order valence-electron chi connectivity index (χ1n) is 10.0. The number of nitrogens with zero attached hydrogens (tertiary/aromatic N) is 3. The summed E-state index contributed by atoms with van der Waals surface area (Å²) in [4.78, 5) is 23.5. The average Bonchev–Trinajstić information content (AvgIpc) is 3.18. The van der Waals surface area contributed by atoms with Crippen LogP contribution in [0.15, 0.2) is 47.4 Å². The topological polar surface area (TPSA) is 45.7 Å². The standard InChI is InChI=1S/C22H24ClN3O2S2/c1-2-29-18-6-3-16(4-7-18)21(27)26(10-9-25-11-13-28-14-12-25)22-24-19-8-5-17(23)15-20(19)30-22/h3-8,15H,2,9-14H2,1H3. The van der Waals surface area contributed by atoms with Gasteiger partial charge in [0.2, 0.25) is 0 Å². The highest BCUT2D eigenvalue weighted by molar-refractivity contribution is 7.99. The minimum Gasteiger partial charge on any atom is -0.379 e. The Hall–Kier alpha value is -1.64. The van der Waals surface area contributed by atoms with E-state index in [2.05, 4.69) is 11.8 Å². The molecule has 1 amide bonds. The highest BCUT2D eigenvalue weighted by atomic mass is 35.5. The molecule has 8 heteroatoms. The van der Waals surface area contributed by atoms with Crippen molar-refractivity contribution in [2.24, 2.45) is 0 Å². The third-order valence-electron chi connectivity index (χ3n) is 4.97. The predicted octanol–water partition coefficient (Wildman–Crippen LogP) is 5.04. The number of hydrogen-bond donors (Lipinski definition) is 0. The summed E-state index contributed by atoms with van der Waals surface area (Å²) in [6, 6.07) is 13.5. The molecule has 1 aromatic heterocycles. The van der Waals surface area contributed by atoms with E-state index in [0.717, 1.165) is 48.8 Å². The van der Waals surface area contributed by atoms with Crippen molar-refractivity contribution < 1.29 is 9.53 Å². The Bertz CT molecular complexity index is 1000. The molecule has 1 aliphatic rings. The third kappa shape index (κ3) is 5.15. The normalized spacial score (nSPS) is 14.9. The summed E-state index contributed by atoms with van der Waals surface area (Å²) < 4.78 is 6.43. The quantitative estimate of drug-likeness (QED) is 0.461. The molecular weight excluding hydrogens is 438 g/mol. The second kappa shape index (κ2) is 10.1. The van der Waals surface area contributed by atoms with Crippen LogP contribution >= 0.6 is 34.7 Å². The van der Waals surface area contributed by atoms with E-state index in [1.165, 1.54) is 16.2 Å². The van der Waals surface area contributed by atoms with Gasteiger partial charge in [0.1, 0.15) is 0 Å². The summed E-state index contributed by atoms with van der Waals surface area (Å²) >= 11 is 9.42. The molecule has 0 unspecified atom stereocenters. The summed E-state index contributed by atoms with van der Waals surface area (Å²) in [5.74, 6) is 0.981. The van der Waals surface area contributed by atoms with Crippen molar-refractivity contribution in [1.29, 1.82) is 0 Å². The van der Waals surface area contributed by atoms with Gasteiger partial charge < -0.3 is 4.74 Å². The summed E-state index contributed by atoms with van der Waals surface area (Å²) in [6.07, 6.45) is 0. The summed E-state index contributed by atoms with van der Waals surface area (Å²) in [5, 5.41) is 1.38. The number of carbonyl (C=O) groups is 1. The molecule has 4 rings (SSSR count). The van der Waals surface area contributed by atoms with Gasteiger partial charge in [0.05, 0.1) is 23.4 Å². The van der Waals surface area contributed by atoms with E-state index in [4.69, 9.17) is 21.3 Å². The number of morpholine rings is 1. The van der Waals surface area contributed by atoms with Gasteiger partial charge in [0.25, 0.3) is 5.91 Å². The van der Waals surface area contributed by atoms with Gasteiger partial charge in [0.15, 0.2) is 5.13 Å². The van der Waals surface area contributed by atoms with Gasteiger partial charge in [-0.25, -0.2) is 4.98 Å². The number of benzene rings is 2. The molecule has 0 spiro atoms. The molecule has 0 atom stereocenters. The van der Waals surface area contributed by atoms with Gasteiger partial charge >= 0.3 is 0 Å². The fraction of sp³-hybridized carbons (Fsp3) is 0.364. The SMILES string of the molecule is CCSc1ccc(C(=O)N(CCN2CCOCC2)c2nc3ccc(Cl)cc3s2)cc1. The second-order valence-corrected chi connectivity index (χ2v) is 9.76. The van der Waals surface area contributed by atoms with E-state index >= 15 is 0 Å². The zero-order valence-corrected chi connectivity index (χ0v) is 19.2. The van der Waals surface area contributed by atoms with Crippen molar-refractivity contribution >= 4 is 56.0 Å². The van der Waals surface area contributed by atoms with Crippen molar-refractivity contribution in [1.82, 2.24) is 9.88 Å². The zero-order valence-electron chi connectivity index (χ0n) is 16.8. The maximum absolute atomic E-state index is 13.4. The van der Waals surface area contributed by atoms with Crippen LogP contribution in [0.1, 0.15) is 17.3 Å². The Morgan fingerprint density at radius 3 is 2.73 bits per heavy atom. The molecule has 158 valence electrons. The summed E-state index contributed by atoms with van der Waals surface area (Å²) in [6.45, 7) is 6.75. The molecule has 0 aliphatic carbocycles. The van der Waals surface area contributed by atoms with Crippen LogP contribution in [0.5, 0.6) is 0 Å². The third-order valence-corrected chi connectivity index (χ3v) is 7.14. The van der Waals surface area contributed by atoms with Crippen LogP contribution in [0, 0.1) is 0 Å². The number of thiazole rings is 1. The number of carbonyl (C=O) groups excluding carboxylic acids is 1. The number of hydrogen-bond acceptors (Lipinski definition) is 6. The molecule has 1 saturated heterocycles. The van der Waals surface area contributed by atoms with Crippen LogP contribution in [-0.2, 0) is 4.74 Å². The lowest BCUT2D eigenvalue weighted by Gasteiger charge is -2.29. The highest BCUT2D eigenvalue weighted by Crippen LogP contribution is 2.31. The van der Waals surface area contributed by atoms with Gasteiger partial charge in [-0.3, -0.25) is 14.6 Å². The van der Waals surface area contributed by atoms with Crippen LogP contribution < -0.4 is 4.90 Å². The minimum atomic E-state index is -0.0264. The van der Waals surface area contributed by atoms with E-state index in [-0.39, 0.29) is 5.91 Å². The van der Waals surface area contributed by atoms with Crippen molar-refractivity contribution in [3.8, 4) is 0 Å². The van der Waals surface area contributed by atoms with Crippen LogP contribution in [0.2, 0.25) is 5.02 Å². The zero-order chi connectivity index (χ0) is 20.9. The van der Waals surface area contributed by atoms with Crippen molar-refractivity contribution in [2.45, 2.75) is 11.8 Å². The van der Waals surface area contributed by atoms with Gasteiger partial charge in [-0.1, -0.05) is 29.9 Å². The highest BCUT2D eigenvalue weighted by Gasteiger charge is 2.23. The first-order valence-corrected chi connectivity index (χ1v) is 12.2. The fourth-order valence-corrected chi connectivity index (χ4v) is 5.30. The van der Waals surface area contributed by atoms with Crippen LogP contribution in [-0.4, -0.2) is 60.9 Å². The Kier molecular flexibility index (Phi) is 7.28. The van der Waals surface area contributed by atoms with Crippen LogP contribution in [0.25, 0.3) is 10.2 Å². The Morgan fingerprint density at radius 1 is 1.23 bits per heavy atom. The molecule has 1 fully saturated rings. The molecule has 1 aliphatic heterocycles. The van der Waals surface area contributed by atoms with E-state index < -0.39 is 0 Å². The largest absolute Gasteiger partial charge is 0.379 e. The maximum Gasteiger partial charge on any atom is 0.260 e. The van der Waals surface area contributed by atoms with Crippen molar-refractivity contribution in [3.63, 3.8) is 0 Å². The Morgan fingerprint density at radius 2 is 2.00 bits per heavy atom. The van der Waals surface area contributed by atoms with E-state index in [1.54, 1.807) is 16.7 Å². The molecule has 2 aromatic carbocycles. The van der Waals surface area contributed by atoms with Gasteiger partial charge in [0, 0.05) is 41.7 Å². The predicted molar refractivity (Wildman–Crippen MR) is 126 cm³/mol. The molecule has 30 heavy (non-hydrogen) atoms. The molecule has 2 heterocycles. The molecule has 3 aromatic rings. The smallest absolute Gasteiger partial charge is 0.260 e. The number of thioether (sulfide) groups is 1. The lowest BCUT2D eigenvalue weighted by atomic mass is 10.2. The Labute approximate surface area is 190 Å². The first-order chi connectivity index (χ1) is 14.6. The van der Waals surface area contributed by atoms with Gasteiger partial charge in [-0.15, -0.1) is 11.8 Å². The second-order valence-electron chi connectivity index (χ2n) is 6.98. The van der Waals surface area contributed by atoms with Crippen molar-refractivity contribution in [2.75, 3.05) is 50.0 Å². The number of amides is 1. The molecule has 0 radical (unpaired) electrons.